The smallest absolute Gasteiger partial charge is 0.0474 e. The van der Waals surface area contributed by atoms with Crippen molar-refractivity contribution >= 4 is 27.8 Å². The van der Waals surface area contributed by atoms with Crippen molar-refractivity contribution in [3.8, 4) is 11.1 Å². The lowest BCUT2D eigenvalue weighted by Gasteiger charge is -2.27. The second-order valence-corrected chi connectivity index (χ2v) is 10.2. The van der Waals surface area contributed by atoms with Crippen LogP contribution in [0.15, 0.2) is 109 Å². The zero-order valence-corrected chi connectivity index (χ0v) is 20.1. The zero-order valence-electron chi connectivity index (χ0n) is 20.1. The molecule has 0 aliphatic heterocycles. The van der Waals surface area contributed by atoms with E-state index < -0.39 is 0 Å². The molecule has 1 heteroatoms. The van der Waals surface area contributed by atoms with Gasteiger partial charge in [-0.15, -0.1) is 0 Å². The van der Waals surface area contributed by atoms with Crippen molar-refractivity contribution in [1.82, 2.24) is 0 Å². The molecule has 0 aromatic heterocycles. The highest BCUT2D eigenvalue weighted by molar-refractivity contribution is 6.01. The van der Waals surface area contributed by atoms with Crippen molar-refractivity contribution in [1.29, 1.82) is 0 Å². The summed E-state index contributed by atoms with van der Waals surface area (Å²) in [7, 11) is 0. The Balaban J connectivity index is 1.47. The second kappa shape index (κ2) is 8.13. The van der Waals surface area contributed by atoms with E-state index in [4.69, 9.17) is 0 Å². The van der Waals surface area contributed by atoms with Crippen LogP contribution in [0.1, 0.15) is 47.8 Å². The highest BCUT2D eigenvalue weighted by Crippen LogP contribution is 2.55. The fourth-order valence-corrected chi connectivity index (χ4v) is 6.67. The molecule has 0 radical (unpaired) electrons. The largest absolute Gasteiger partial charge is 0.310 e. The van der Waals surface area contributed by atoms with E-state index in [1.165, 1.54) is 63.8 Å². The van der Waals surface area contributed by atoms with Gasteiger partial charge in [-0.25, -0.2) is 0 Å². The maximum Gasteiger partial charge on any atom is 0.0474 e. The van der Waals surface area contributed by atoms with Crippen molar-refractivity contribution in [2.75, 3.05) is 4.90 Å². The lowest BCUT2D eigenvalue weighted by atomic mass is 9.85. The third-order valence-corrected chi connectivity index (χ3v) is 8.14. The van der Waals surface area contributed by atoms with Crippen molar-refractivity contribution in [3.05, 3.63) is 126 Å². The predicted octanol–water partition coefficient (Wildman–Crippen LogP) is 9.65. The van der Waals surface area contributed by atoms with E-state index in [1.807, 2.05) is 0 Å². The topological polar surface area (TPSA) is 3.24 Å². The summed E-state index contributed by atoms with van der Waals surface area (Å²) in [5.74, 6) is 1.55. The first kappa shape index (κ1) is 20.5. The van der Waals surface area contributed by atoms with E-state index in [0.29, 0.717) is 0 Å². The van der Waals surface area contributed by atoms with Crippen LogP contribution in [0.2, 0.25) is 0 Å². The Bertz CT molecular complexity index is 1490. The van der Waals surface area contributed by atoms with Gasteiger partial charge in [0.1, 0.15) is 0 Å². The van der Waals surface area contributed by atoms with Crippen LogP contribution >= 0.6 is 0 Å². The maximum absolute atomic E-state index is 2.52. The Kier molecular flexibility index (Phi) is 4.77. The molecule has 0 amide bonds. The molecule has 2 bridgehead atoms. The Morgan fingerprint density at radius 1 is 0.629 bits per heavy atom. The Hall–Kier alpha value is -3.84. The normalized spacial score (nSPS) is 18.1. The number of aryl methyl sites for hydroxylation is 1. The van der Waals surface area contributed by atoms with Gasteiger partial charge in [0, 0.05) is 17.1 Å². The van der Waals surface area contributed by atoms with Crippen LogP contribution in [0.5, 0.6) is 0 Å². The van der Waals surface area contributed by atoms with E-state index in [1.54, 1.807) is 11.1 Å². The molecule has 5 aromatic rings. The minimum atomic E-state index is 0.758. The molecule has 0 spiro atoms. The van der Waals surface area contributed by atoms with Gasteiger partial charge >= 0.3 is 0 Å². The van der Waals surface area contributed by atoms with Gasteiger partial charge in [0.2, 0.25) is 0 Å². The number of anilines is 3. The molecule has 1 fully saturated rings. The van der Waals surface area contributed by atoms with E-state index in [2.05, 4.69) is 121 Å². The molecule has 35 heavy (non-hydrogen) atoms. The Morgan fingerprint density at radius 2 is 1.29 bits per heavy atom. The first-order chi connectivity index (χ1) is 17.3. The molecule has 2 aliphatic rings. The zero-order chi connectivity index (χ0) is 23.4. The first-order valence-electron chi connectivity index (χ1n) is 12.8. The molecule has 2 aliphatic carbocycles. The van der Waals surface area contributed by atoms with Crippen molar-refractivity contribution < 1.29 is 0 Å². The highest BCUT2D eigenvalue weighted by atomic mass is 15.1. The molecule has 2 unspecified atom stereocenters. The van der Waals surface area contributed by atoms with Crippen LogP contribution in [0.3, 0.4) is 0 Å². The van der Waals surface area contributed by atoms with Gasteiger partial charge in [-0.2, -0.15) is 0 Å². The summed E-state index contributed by atoms with van der Waals surface area (Å²) >= 11 is 0. The number of hydrogen-bond donors (Lipinski definition) is 0. The summed E-state index contributed by atoms with van der Waals surface area (Å²) < 4.78 is 0. The molecule has 2 atom stereocenters. The number of fused-ring (bicyclic) bond motifs is 6. The molecule has 1 nitrogen and oxygen atoms in total. The Morgan fingerprint density at radius 3 is 2.03 bits per heavy atom. The minimum absolute atomic E-state index is 0.758. The number of benzene rings is 5. The molecule has 0 heterocycles. The summed E-state index contributed by atoms with van der Waals surface area (Å²) in [4.78, 5) is 2.37. The highest BCUT2D eigenvalue weighted by Gasteiger charge is 2.38. The molecular weight excluding hydrogens is 422 g/mol. The van der Waals surface area contributed by atoms with Crippen molar-refractivity contribution in [3.63, 3.8) is 0 Å². The van der Waals surface area contributed by atoms with Crippen LogP contribution in [-0.2, 0) is 0 Å². The summed E-state index contributed by atoms with van der Waals surface area (Å²) in [6.07, 6.45) is 4.09. The third kappa shape index (κ3) is 3.38. The number of hydrogen-bond acceptors (Lipinski definition) is 1. The lowest BCUT2D eigenvalue weighted by molar-refractivity contribution is 0.714. The Labute approximate surface area is 207 Å². The van der Waals surface area contributed by atoms with Crippen molar-refractivity contribution in [2.45, 2.75) is 38.0 Å². The fraction of sp³-hybridized carbons (Fsp3) is 0.176. The molecule has 5 aromatic carbocycles. The molecule has 170 valence electrons. The first-order valence-corrected chi connectivity index (χ1v) is 12.8. The van der Waals surface area contributed by atoms with Gasteiger partial charge in [-0.05, 0) is 113 Å². The summed E-state index contributed by atoms with van der Waals surface area (Å²) in [5, 5.41) is 2.59. The number of nitrogens with zero attached hydrogens (tertiary/aromatic N) is 1. The van der Waals surface area contributed by atoms with E-state index in [-0.39, 0.29) is 0 Å². The average molecular weight is 452 g/mol. The van der Waals surface area contributed by atoms with Gasteiger partial charge in [0.15, 0.2) is 0 Å². The molecule has 0 N–H and O–H groups in total. The van der Waals surface area contributed by atoms with Gasteiger partial charge in [0.25, 0.3) is 0 Å². The molecule has 0 saturated heterocycles. The van der Waals surface area contributed by atoms with Gasteiger partial charge in [0.05, 0.1) is 0 Å². The standard InChI is InChI=1S/C34H29N/c1-23-18-27(21-33-25-16-17-26(19-25)34(23)33)32-22-30(20-24-10-8-9-15-31(24)32)35(28-11-4-2-5-12-28)29-13-6-3-7-14-29/h2-15,18,20-22,25-26H,16-17,19H2,1H3. The summed E-state index contributed by atoms with van der Waals surface area (Å²) in [6, 6.07) is 39.9. The SMILES string of the molecule is Cc1cc(-c2cc(N(c3ccccc3)c3ccccc3)cc3ccccc23)cc2c1C1CCC2C1. The van der Waals surface area contributed by atoms with Crippen LogP contribution in [-0.4, -0.2) is 0 Å². The number of para-hydroxylation sites is 2. The predicted molar refractivity (Wildman–Crippen MR) is 148 cm³/mol. The van der Waals surface area contributed by atoms with Gasteiger partial charge in [-0.3, -0.25) is 0 Å². The quantitative estimate of drug-likeness (QED) is 0.263. The monoisotopic (exact) mass is 451 g/mol. The lowest BCUT2D eigenvalue weighted by Crippen LogP contribution is -2.10. The fourth-order valence-electron chi connectivity index (χ4n) is 6.67. The second-order valence-electron chi connectivity index (χ2n) is 10.2. The third-order valence-electron chi connectivity index (χ3n) is 8.14. The minimum Gasteiger partial charge on any atom is -0.310 e. The van der Waals surface area contributed by atoms with E-state index >= 15 is 0 Å². The van der Waals surface area contributed by atoms with Crippen LogP contribution in [0.25, 0.3) is 21.9 Å². The number of rotatable bonds is 4. The van der Waals surface area contributed by atoms with E-state index in [0.717, 1.165) is 11.8 Å². The van der Waals surface area contributed by atoms with Crippen molar-refractivity contribution in [2.24, 2.45) is 0 Å². The maximum atomic E-state index is 2.52. The molecular formula is C34H29N. The van der Waals surface area contributed by atoms with Gasteiger partial charge < -0.3 is 4.90 Å². The van der Waals surface area contributed by atoms with Crippen LogP contribution < -0.4 is 4.90 Å². The van der Waals surface area contributed by atoms with E-state index in [9.17, 15) is 0 Å². The molecule has 1 saturated carbocycles. The van der Waals surface area contributed by atoms with Gasteiger partial charge in [-0.1, -0.05) is 72.8 Å². The summed E-state index contributed by atoms with van der Waals surface area (Å²) in [6.45, 7) is 2.33. The summed E-state index contributed by atoms with van der Waals surface area (Å²) in [5.41, 5.74) is 11.0. The molecule has 7 rings (SSSR count). The van der Waals surface area contributed by atoms with Crippen LogP contribution in [0.4, 0.5) is 17.1 Å². The van der Waals surface area contributed by atoms with Crippen LogP contribution in [0, 0.1) is 6.92 Å². The average Bonchev–Trinajstić information content (AvgIpc) is 3.52.